The largest absolute Gasteiger partial charge is 0.481 e. The number of rotatable bonds is 2. The summed E-state index contributed by atoms with van der Waals surface area (Å²) in [6.07, 6.45) is 0.156. The fourth-order valence-electron chi connectivity index (χ4n) is 3.11. The smallest absolute Gasteiger partial charge is 0.410 e. The number of carboxylic acids is 1. The van der Waals surface area contributed by atoms with Crippen molar-refractivity contribution in [3.8, 4) is 0 Å². The Labute approximate surface area is 137 Å². The normalized spacial score (nSPS) is 25.0. The summed E-state index contributed by atoms with van der Waals surface area (Å²) in [4.78, 5) is 25.7. The molecule has 0 aromatic heterocycles. The van der Waals surface area contributed by atoms with Crippen LogP contribution in [0.5, 0.6) is 0 Å². The summed E-state index contributed by atoms with van der Waals surface area (Å²) in [7, 11) is 0. The van der Waals surface area contributed by atoms with Gasteiger partial charge in [-0.05, 0) is 39.7 Å². The zero-order valence-corrected chi connectivity index (χ0v) is 14.2. The van der Waals surface area contributed by atoms with Crippen LogP contribution in [0.2, 0.25) is 0 Å². The van der Waals surface area contributed by atoms with E-state index < -0.39 is 23.1 Å². The molecule has 1 heterocycles. The zero-order valence-electron chi connectivity index (χ0n) is 14.2. The first-order valence-corrected chi connectivity index (χ1v) is 7.90. The van der Waals surface area contributed by atoms with Crippen molar-refractivity contribution in [2.75, 3.05) is 13.1 Å². The number of hydrogen-bond donors (Lipinski definition) is 1. The lowest BCUT2D eigenvalue weighted by atomic mass is 9.69. The molecule has 1 N–H and O–H groups in total. The van der Waals surface area contributed by atoms with E-state index in [1.165, 1.54) is 4.90 Å². The van der Waals surface area contributed by atoms with Crippen molar-refractivity contribution in [2.24, 2.45) is 5.41 Å². The third-order valence-corrected chi connectivity index (χ3v) is 4.32. The molecule has 0 bridgehead atoms. The molecule has 5 nitrogen and oxygen atoms in total. The van der Waals surface area contributed by atoms with E-state index in [-0.39, 0.29) is 12.5 Å². The molecule has 1 aromatic rings. The van der Waals surface area contributed by atoms with Crippen LogP contribution in [-0.4, -0.2) is 40.8 Å². The number of carbonyl (C=O) groups is 2. The van der Waals surface area contributed by atoms with Crippen molar-refractivity contribution in [1.82, 2.24) is 4.90 Å². The second-order valence-corrected chi connectivity index (χ2v) is 7.38. The summed E-state index contributed by atoms with van der Waals surface area (Å²) >= 11 is 0. The summed E-state index contributed by atoms with van der Waals surface area (Å²) in [5, 5.41) is 9.78. The van der Waals surface area contributed by atoms with Crippen LogP contribution in [0, 0.1) is 5.41 Å². The van der Waals surface area contributed by atoms with E-state index in [1.54, 1.807) is 27.7 Å². The Morgan fingerprint density at radius 3 is 2.39 bits per heavy atom. The van der Waals surface area contributed by atoms with E-state index in [0.717, 1.165) is 5.56 Å². The highest BCUT2D eigenvalue weighted by molar-refractivity contribution is 5.78. The van der Waals surface area contributed by atoms with Gasteiger partial charge in [-0.3, -0.25) is 4.79 Å². The van der Waals surface area contributed by atoms with Gasteiger partial charge in [0.05, 0.1) is 5.41 Å². The van der Waals surface area contributed by atoms with Crippen LogP contribution < -0.4 is 0 Å². The van der Waals surface area contributed by atoms with Gasteiger partial charge in [-0.15, -0.1) is 0 Å². The van der Waals surface area contributed by atoms with Crippen molar-refractivity contribution >= 4 is 12.1 Å². The fourth-order valence-corrected chi connectivity index (χ4v) is 3.11. The van der Waals surface area contributed by atoms with Crippen LogP contribution in [0.25, 0.3) is 0 Å². The van der Waals surface area contributed by atoms with Gasteiger partial charge in [0.2, 0.25) is 0 Å². The SMILES string of the molecule is CC(C)(C)OC(=O)N1CCC(c2ccccc2)C(C)(C(=O)O)C1. The first-order valence-electron chi connectivity index (χ1n) is 7.90. The third kappa shape index (κ3) is 3.84. The molecule has 2 rings (SSSR count). The van der Waals surface area contributed by atoms with Gasteiger partial charge in [0, 0.05) is 19.0 Å². The van der Waals surface area contributed by atoms with Crippen LogP contribution in [0.4, 0.5) is 4.79 Å². The van der Waals surface area contributed by atoms with Crippen LogP contribution in [0.1, 0.15) is 45.6 Å². The number of benzene rings is 1. The van der Waals surface area contributed by atoms with Gasteiger partial charge in [0.1, 0.15) is 5.60 Å². The predicted octanol–water partition coefficient (Wildman–Crippen LogP) is 3.50. The van der Waals surface area contributed by atoms with E-state index in [1.807, 2.05) is 30.3 Å². The minimum atomic E-state index is -1.03. The summed E-state index contributed by atoms with van der Waals surface area (Å²) in [5.74, 6) is -1.01. The summed E-state index contributed by atoms with van der Waals surface area (Å²) in [5.41, 5.74) is -0.620. The molecule has 1 aromatic carbocycles. The second-order valence-electron chi connectivity index (χ2n) is 7.38. The molecule has 0 spiro atoms. The van der Waals surface area contributed by atoms with Gasteiger partial charge in [0.15, 0.2) is 0 Å². The Hall–Kier alpha value is -2.04. The average molecular weight is 319 g/mol. The molecule has 0 saturated carbocycles. The van der Waals surface area contributed by atoms with Crippen LogP contribution in [0.15, 0.2) is 30.3 Å². The first kappa shape index (κ1) is 17.3. The number of amides is 1. The minimum absolute atomic E-state index is 0.125. The van der Waals surface area contributed by atoms with E-state index in [4.69, 9.17) is 4.74 Å². The lowest BCUT2D eigenvalue weighted by Gasteiger charge is -2.43. The standard InChI is InChI=1S/C18H25NO4/c1-17(2,3)23-16(22)19-11-10-14(13-8-6-5-7-9-13)18(4,12-19)15(20)21/h5-9,14H,10-12H2,1-4H3,(H,20,21). The third-order valence-electron chi connectivity index (χ3n) is 4.32. The van der Waals surface area contributed by atoms with E-state index in [9.17, 15) is 14.7 Å². The highest BCUT2D eigenvalue weighted by atomic mass is 16.6. The molecule has 23 heavy (non-hydrogen) atoms. The Morgan fingerprint density at radius 2 is 1.87 bits per heavy atom. The molecule has 1 fully saturated rings. The Morgan fingerprint density at radius 1 is 1.26 bits per heavy atom. The molecular formula is C18H25NO4. The molecule has 1 amide bonds. The van der Waals surface area contributed by atoms with Crippen LogP contribution >= 0.6 is 0 Å². The van der Waals surface area contributed by atoms with Crippen molar-refractivity contribution in [3.05, 3.63) is 35.9 Å². The lowest BCUT2D eigenvalue weighted by molar-refractivity contribution is -0.152. The topological polar surface area (TPSA) is 66.8 Å². The quantitative estimate of drug-likeness (QED) is 0.906. The molecule has 1 aliphatic heterocycles. The first-order chi connectivity index (χ1) is 10.6. The number of ether oxygens (including phenoxy) is 1. The number of carbonyl (C=O) groups excluding carboxylic acids is 1. The molecule has 126 valence electrons. The van der Waals surface area contributed by atoms with Crippen LogP contribution in [0.3, 0.4) is 0 Å². The molecule has 5 heteroatoms. The molecular weight excluding hydrogens is 294 g/mol. The molecule has 0 radical (unpaired) electrons. The Kier molecular flexibility index (Phi) is 4.68. The van der Waals surface area contributed by atoms with Crippen LogP contribution in [-0.2, 0) is 9.53 Å². The lowest BCUT2D eigenvalue weighted by Crippen LogP contribution is -2.53. The van der Waals surface area contributed by atoms with E-state index in [2.05, 4.69) is 0 Å². The number of likely N-dealkylation sites (tertiary alicyclic amines) is 1. The predicted molar refractivity (Wildman–Crippen MR) is 87.3 cm³/mol. The maximum atomic E-state index is 12.3. The molecule has 2 atom stereocenters. The van der Waals surface area contributed by atoms with Crippen molar-refractivity contribution in [2.45, 2.75) is 45.6 Å². The monoisotopic (exact) mass is 319 g/mol. The van der Waals surface area contributed by atoms with Gasteiger partial charge in [-0.25, -0.2) is 4.79 Å². The fraction of sp³-hybridized carbons (Fsp3) is 0.556. The number of piperidine rings is 1. The Balaban J connectivity index is 2.23. The van der Waals surface area contributed by atoms with Crippen molar-refractivity contribution in [3.63, 3.8) is 0 Å². The van der Waals surface area contributed by atoms with Gasteiger partial charge in [-0.2, -0.15) is 0 Å². The summed E-state index contributed by atoms with van der Waals surface area (Å²) in [6.45, 7) is 7.77. The summed E-state index contributed by atoms with van der Waals surface area (Å²) in [6, 6.07) is 9.65. The second kappa shape index (κ2) is 6.22. The molecule has 0 aliphatic carbocycles. The average Bonchev–Trinajstić information content (AvgIpc) is 2.46. The molecule has 1 aliphatic rings. The molecule has 2 unspecified atom stereocenters. The van der Waals surface area contributed by atoms with E-state index in [0.29, 0.717) is 13.0 Å². The maximum absolute atomic E-state index is 12.3. The highest BCUT2D eigenvalue weighted by Crippen LogP contribution is 2.43. The number of carboxylic acid groups (broad SMARTS) is 1. The highest BCUT2D eigenvalue weighted by Gasteiger charge is 2.48. The zero-order chi connectivity index (χ0) is 17.3. The van der Waals surface area contributed by atoms with E-state index >= 15 is 0 Å². The van der Waals surface area contributed by atoms with Gasteiger partial charge in [0.25, 0.3) is 0 Å². The summed E-state index contributed by atoms with van der Waals surface area (Å²) < 4.78 is 5.39. The van der Waals surface area contributed by atoms with Gasteiger partial charge < -0.3 is 14.7 Å². The Bertz CT molecular complexity index is 578. The number of aliphatic carboxylic acids is 1. The van der Waals surface area contributed by atoms with Gasteiger partial charge in [-0.1, -0.05) is 30.3 Å². The van der Waals surface area contributed by atoms with Crippen molar-refractivity contribution < 1.29 is 19.4 Å². The minimum Gasteiger partial charge on any atom is -0.481 e. The maximum Gasteiger partial charge on any atom is 0.410 e. The van der Waals surface area contributed by atoms with Gasteiger partial charge >= 0.3 is 12.1 Å². The van der Waals surface area contributed by atoms with Crippen molar-refractivity contribution in [1.29, 1.82) is 0 Å². The molecule has 1 saturated heterocycles. The number of nitrogens with zero attached hydrogens (tertiary/aromatic N) is 1. The number of hydrogen-bond acceptors (Lipinski definition) is 3.